The third kappa shape index (κ3) is 6.71. The zero-order valence-corrected chi connectivity index (χ0v) is 21.5. The molecule has 0 bridgehead atoms. The fourth-order valence-electron chi connectivity index (χ4n) is 5.37. The minimum absolute atomic E-state index is 1.11. The maximum absolute atomic E-state index is 2.48. The van der Waals surface area contributed by atoms with Crippen LogP contribution in [0.3, 0.4) is 0 Å². The van der Waals surface area contributed by atoms with Crippen molar-refractivity contribution in [2.75, 3.05) is 0 Å². The molecule has 0 saturated heterocycles. The van der Waals surface area contributed by atoms with Crippen molar-refractivity contribution >= 4 is 0 Å². The topological polar surface area (TPSA) is 0 Å². The molecule has 0 aliphatic heterocycles. The quantitative estimate of drug-likeness (QED) is 0.286. The maximum Gasteiger partial charge on any atom is -0.00201 e. The van der Waals surface area contributed by atoms with Gasteiger partial charge in [-0.2, -0.15) is 0 Å². The van der Waals surface area contributed by atoms with Crippen LogP contribution in [-0.4, -0.2) is 0 Å². The zero-order chi connectivity index (χ0) is 22.6. The first kappa shape index (κ1) is 25.7. The molecule has 0 spiro atoms. The highest BCUT2D eigenvalue weighted by atomic mass is 14.2. The molecule has 0 N–H and O–H groups in total. The second-order valence-corrected chi connectivity index (χ2v) is 9.36. The van der Waals surface area contributed by atoms with Gasteiger partial charge in [-0.15, -0.1) is 0 Å². The lowest BCUT2D eigenvalue weighted by atomic mass is 9.83. The van der Waals surface area contributed by atoms with Gasteiger partial charge < -0.3 is 0 Å². The molecule has 0 aliphatic rings. The van der Waals surface area contributed by atoms with E-state index in [9.17, 15) is 0 Å². The van der Waals surface area contributed by atoms with E-state index in [4.69, 9.17) is 0 Å². The molecule has 0 aromatic heterocycles. The van der Waals surface area contributed by atoms with Crippen molar-refractivity contribution in [1.82, 2.24) is 0 Å². The van der Waals surface area contributed by atoms with Crippen molar-refractivity contribution < 1.29 is 0 Å². The van der Waals surface area contributed by atoms with E-state index in [1.807, 2.05) is 0 Å². The smallest absolute Gasteiger partial charge is 0.00201 e. The van der Waals surface area contributed by atoms with Crippen LogP contribution >= 0.6 is 0 Å². The summed E-state index contributed by atoms with van der Waals surface area (Å²) in [4.78, 5) is 0. The predicted molar refractivity (Wildman–Crippen MR) is 140 cm³/mol. The molecule has 0 heterocycles. The Kier molecular flexibility index (Phi) is 11.4. The van der Waals surface area contributed by atoms with Gasteiger partial charge in [-0.3, -0.25) is 0 Å². The van der Waals surface area contributed by atoms with Crippen molar-refractivity contribution in [2.24, 2.45) is 0 Å². The van der Waals surface area contributed by atoms with Crippen molar-refractivity contribution in [3.8, 4) is 0 Å². The Labute approximate surface area is 193 Å². The van der Waals surface area contributed by atoms with E-state index in [1.54, 1.807) is 44.5 Å². The molecular formula is C31H48. The van der Waals surface area contributed by atoms with Crippen molar-refractivity contribution in [1.29, 1.82) is 0 Å². The van der Waals surface area contributed by atoms with Crippen LogP contribution in [0.1, 0.15) is 125 Å². The third-order valence-electron chi connectivity index (χ3n) is 6.67. The zero-order valence-electron chi connectivity index (χ0n) is 21.5. The average molecular weight is 421 g/mol. The highest BCUT2D eigenvalue weighted by Gasteiger charge is 2.16. The second kappa shape index (κ2) is 13.8. The van der Waals surface area contributed by atoms with Gasteiger partial charge >= 0.3 is 0 Å². The van der Waals surface area contributed by atoms with Crippen LogP contribution in [0.15, 0.2) is 24.3 Å². The monoisotopic (exact) mass is 420 g/mol. The molecule has 0 aliphatic carbocycles. The number of rotatable bonds is 14. The first-order chi connectivity index (χ1) is 15.1. The molecule has 172 valence electrons. The van der Waals surface area contributed by atoms with Crippen LogP contribution in [0.2, 0.25) is 0 Å². The predicted octanol–water partition coefficient (Wildman–Crippen LogP) is 8.99. The average Bonchev–Trinajstić information content (AvgIpc) is 2.76. The fraction of sp³-hybridized carbons (Fsp3) is 0.613. The second-order valence-electron chi connectivity index (χ2n) is 9.36. The van der Waals surface area contributed by atoms with Gasteiger partial charge in [0.1, 0.15) is 0 Å². The Morgan fingerprint density at radius 1 is 0.355 bits per heavy atom. The van der Waals surface area contributed by atoms with Crippen LogP contribution in [0.4, 0.5) is 0 Å². The highest BCUT2D eigenvalue weighted by molar-refractivity contribution is 5.48. The third-order valence-corrected chi connectivity index (χ3v) is 6.67. The Hall–Kier alpha value is -1.56. The Bertz CT molecular complexity index is 729. The summed E-state index contributed by atoms with van der Waals surface area (Å²) in [5, 5.41) is 0. The molecule has 2 aromatic carbocycles. The van der Waals surface area contributed by atoms with Crippen molar-refractivity contribution in [3.63, 3.8) is 0 Å². The molecule has 31 heavy (non-hydrogen) atoms. The normalized spacial score (nSPS) is 11.3. The lowest BCUT2D eigenvalue weighted by Gasteiger charge is -2.22. The SMILES string of the molecule is CCCc1ccc(Cc2ccc(CCC)c(CCC)c2CCC)c(CCC)c1CCC. The van der Waals surface area contributed by atoms with E-state index in [0.717, 1.165) is 6.42 Å². The molecule has 0 amide bonds. The summed E-state index contributed by atoms with van der Waals surface area (Å²) in [5.74, 6) is 0. The maximum atomic E-state index is 2.48. The molecule has 0 atom stereocenters. The number of aryl methyl sites for hydroxylation is 2. The summed E-state index contributed by atoms with van der Waals surface area (Å²) < 4.78 is 0. The molecule has 2 rings (SSSR count). The van der Waals surface area contributed by atoms with Crippen LogP contribution in [-0.2, 0) is 44.9 Å². The van der Waals surface area contributed by atoms with E-state index in [2.05, 4.69) is 65.8 Å². The summed E-state index contributed by atoms with van der Waals surface area (Å²) in [5.41, 5.74) is 13.1. The van der Waals surface area contributed by atoms with E-state index in [-0.39, 0.29) is 0 Å². The standard InChI is InChI=1S/C31H48/c1-7-13-24-19-21-26(30(17-11-5)28(24)15-9-3)23-27-22-20-25(14-8-2)29(16-10-4)31(27)18-12-6/h19-22H,7-18,23H2,1-6H3. The van der Waals surface area contributed by atoms with Crippen molar-refractivity contribution in [2.45, 2.75) is 125 Å². The Morgan fingerprint density at radius 2 is 0.613 bits per heavy atom. The van der Waals surface area contributed by atoms with Crippen LogP contribution in [0.25, 0.3) is 0 Å². The van der Waals surface area contributed by atoms with Gasteiger partial charge in [0.15, 0.2) is 0 Å². The van der Waals surface area contributed by atoms with Gasteiger partial charge in [0.2, 0.25) is 0 Å². The van der Waals surface area contributed by atoms with E-state index < -0.39 is 0 Å². The molecule has 0 radical (unpaired) electrons. The fourth-order valence-corrected chi connectivity index (χ4v) is 5.37. The van der Waals surface area contributed by atoms with Crippen molar-refractivity contribution in [3.05, 3.63) is 68.8 Å². The lowest BCUT2D eigenvalue weighted by Crippen LogP contribution is -2.09. The molecule has 0 heteroatoms. The van der Waals surface area contributed by atoms with Gasteiger partial charge in [-0.05, 0) is 89.5 Å². The van der Waals surface area contributed by atoms with E-state index in [1.165, 1.54) is 77.0 Å². The van der Waals surface area contributed by atoms with Gasteiger partial charge in [0, 0.05) is 0 Å². The van der Waals surface area contributed by atoms with Crippen LogP contribution in [0.5, 0.6) is 0 Å². The summed E-state index contributed by atoms with van der Waals surface area (Å²) >= 11 is 0. The molecule has 0 fully saturated rings. The first-order valence-electron chi connectivity index (χ1n) is 13.4. The first-order valence-corrected chi connectivity index (χ1v) is 13.4. The number of hydrogen-bond donors (Lipinski definition) is 0. The highest BCUT2D eigenvalue weighted by Crippen LogP contribution is 2.30. The number of hydrogen-bond acceptors (Lipinski definition) is 0. The largest absolute Gasteiger partial charge is 0.0651 e. The summed E-state index contributed by atoms with van der Waals surface area (Å²) in [6, 6.07) is 9.87. The summed E-state index contributed by atoms with van der Waals surface area (Å²) in [7, 11) is 0. The molecule has 0 unspecified atom stereocenters. The van der Waals surface area contributed by atoms with Gasteiger partial charge in [-0.25, -0.2) is 0 Å². The number of benzene rings is 2. The van der Waals surface area contributed by atoms with E-state index in [0.29, 0.717) is 0 Å². The Morgan fingerprint density at radius 3 is 0.903 bits per heavy atom. The van der Waals surface area contributed by atoms with E-state index >= 15 is 0 Å². The summed E-state index contributed by atoms with van der Waals surface area (Å²) in [6.07, 6.45) is 15.9. The van der Waals surface area contributed by atoms with Gasteiger partial charge in [0.25, 0.3) is 0 Å². The summed E-state index contributed by atoms with van der Waals surface area (Å²) in [6.45, 7) is 14.0. The van der Waals surface area contributed by atoms with Gasteiger partial charge in [-0.1, -0.05) is 104 Å². The van der Waals surface area contributed by atoms with Crippen LogP contribution in [0, 0.1) is 0 Å². The molecular weight excluding hydrogens is 372 g/mol. The minimum Gasteiger partial charge on any atom is -0.0651 e. The van der Waals surface area contributed by atoms with Crippen LogP contribution < -0.4 is 0 Å². The molecule has 0 saturated carbocycles. The van der Waals surface area contributed by atoms with Gasteiger partial charge in [0.05, 0.1) is 0 Å². The molecule has 2 aromatic rings. The Balaban J connectivity index is 2.58. The molecule has 0 nitrogen and oxygen atoms in total. The minimum atomic E-state index is 1.11. The lowest BCUT2D eigenvalue weighted by molar-refractivity contribution is 0.805.